The van der Waals surface area contributed by atoms with Gasteiger partial charge in [0.2, 0.25) is 17.5 Å². The average Bonchev–Trinajstić information content (AvgIpc) is 2.71. The van der Waals surface area contributed by atoms with Gasteiger partial charge >= 0.3 is 0 Å². The van der Waals surface area contributed by atoms with Gasteiger partial charge in [-0.3, -0.25) is 29.4 Å². The number of alkyl halides is 1. The van der Waals surface area contributed by atoms with Crippen molar-refractivity contribution in [2.75, 3.05) is 0 Å². The van der Waals surface area contributed by atoms with Crippen LogP contribution in [0, 0.1) is 10.1 Å². The highest BCUT2D eigenvalue weighted by molar-refractivity contribution is 6.50. The van der Waals surface area contributed by atoms with E-state index < -0.39 is 33.8 Å². The standard InChI is InChI=1S/C19H10Cl2N2O5/c20-13-16(18(25)12-4-2-1-3-11(12)17(13)24)22-15(14(21)19(22)26)9-5-7-10(8-6-9)23(27)28/h1-8,14-15H. The second-order valence-electron chi connectivity index (χ2n) is 6.27. The zero-order valence-electron chi connectivity index (χ0n) is 14.0. The fourth-order valence-corrected chi connectivity index (χ4v) is 4.00. The monoisotopic (exact) mass is 416 g/mol. The molecule has 0 spiro atoms. The Kier molecular flexibility index (Phi) is 4.28. The number of fused-ring (bicyclic) bond motifs is 1. The van der Waals surface area contributed by atoms with Gasteiger partial charge in [0.15, 0.2) is 0 Å². The van der Waals surface area contributed by atoms with Gasteiger partial charge in [-0.2, -0.15) is 0 Å². The number of allylic oxidation sites excluding steroid dienone is 2. The van der Waals surface area contributed by atoms with E-state index in [0.29, 0.717) is 5.56 Å². The Morgan fingerprint density at radius 2 is 1.50 bits per heavy atom. The van der Waals surface area contributed by atoms with Crippen molar-refractivity contribution in [2.45, 2.75) is 11.4 Å². The summed E-state index contributed by atoms with van der Waals surface area (Å²) >= 11 is 12.3. The number of rotatable bonds is 3. The number of non-ortho nitro benzene ring substituents is 1. The molecule has 140 valence electrons. The zero-order chi connectivity index (χ0) is 20.2. The number of likely N-dealkylation sites (tertiary alicyclic amines) is 1. The number of nitro groups is 1. The lowest BCUT2D eigenvalue weighted by atomic mass is 9.86. The number of halogens is 2. The molecule has 1 heterocycles. The highest BCUT2D eigenvalue weighted by Gasteiger charge is 2.52. The van der Waals surface area contributed by atoms with Crippen molar-refractivity contribution >= 4 is 46.4 Å². The maximum absolute atomic E-state index is 13.0. The Morgan fingerprint density at radius 1 is 0.929 bits per heavy atom. The summed E-state index contributed by atoms with van der Waals surface area (Å²) in [7, 11) is 0. The molecule has 2 aliphatic rings. The smallest absolute Gasteiger partial charge is 0.269 e. The molecule has 0 bridgehead atoms. The van der Waals surface area contributed by atoms with E-state index in [9.17, 15) is 24.5 Å². The molecular formula is C19H10Cl2N2O5. The first kappa shape index (κ1) is 18.3. The first-order chi connectivity index (χ1) is 13.3. The van der Waals surface area contributed by atoms with Gasteiger partial charge in [0.25, 0.3) is 5.69 Å². The molecule has 2 aromatic rings. The maximum atomic E-state index is 13.0. The maximum Gasteiger partial charge on any atom is 0.269 e. The van der Waals surface area contributed by atoms with E-state index in [2.05, 4.69) is 0 Å². The van der Waals surface area contributed by atoms with Crippen LogP contribution in [0.15, 0.2) is 59.3 Å². The van der Waals surface area contributed by atoms with Gasteiger partial charge in [0.05, 0.1) is 11.0 Å². The highest BCUT2D eigenvalue weighted by Crippen LogP contribution is 2.45. The molecule has 1 aliphatic heterocycles. The van der Waals surface area contributed by atoms with Crippen LogP contribution in [0.25, 0.3) is 0 Å². The second kappa shape index (κ2) is 6.54. The van der Waals surface area contributed by atoms with Crippen LogP contribution in [-0.2, 0) is 4.79 Å². The predicted octanol–water partition coefficient (Wildman–Crippen LogP) is 3.62. The quantitative estimate of drug-likeness (QED) is 0.329. The van der Waals surface area contributed by atoms with E-state index in [1.165, 1.54) is 36.4 Å². The minimum Gasteiger partial charge on any atom is -0.296 e. The van der Waals surface area contributed by atoms with Crippen molar-refractivity contribution in [1.82, 2.24) is 4.90 Å². The molecule has 2 atom stereocenters. The first-order valence-electron chi connectivity index (χ1n) is 8.12. The Morgan fingerprint density at radius 3 is 2.07 bits per heavy atom. The topological polar surface area (TPSA) is 97.6 Å². The fourth-order valence-electron chi connectivity index (χ4n) is 3.36. The summed E-state index contributed by atoms with van der Waals surface area (Å²) in [6.45, 7) is 0. The van der Waals surface area contributed by atoms with E-state index >= 15 is 0 Å². The van der Waals surface area contributed by atoms with Crippen molar-refractivity contribution in [3.63, 3.8) is 0 Å². The SMILES string of the molecule is O=C1C(Cl)=C(N2C(=O)C(Cl)C2c2ccc([N+](=O)[O-])cc2)C(=O)c2ccccc21. The van der Waals surface area contributed by atoms with E-state index in [0.717, 1.165) is 4.90 Å². The molecule has 0 radical (unpaired) electrons. The molecule has 0 aromatic heterocycles. The number of carbonyl (C=O) groups excluding carboxylic acids is 3. The summed E-state index contributed by atoms with van der Waals surface area (Å²) in [5, 5.41) is 9.50. The third-order valence-electron chi connectivity index (χ3n) is 4.75. The van der Waals surface area contributed by atoms with Gasteiger partial charge in [-0.05, 0) is 5.56 Å². The molecule has 1 saturated heterocycles. The van der Waals surface area contributed by atoms with Crippen molar-refractivity contribution in [1.29, 1.82) is 0 Å². The Bertz CT molecular complexity index is 1090. The number of β-lactam (4-membered cyclic amide) rings is 1. The van der Waals surface area contributed by atoms with Crippen LogP contribution in [0.4, 0.5) is 5.69 Å². The van der Waals surface area contributed by atoms with E-state index in [-0.39, 0.29) is 27.5 Å². The van der Waals surface area contributed by atoms with Gasteiger partial charge in [0.1, 0.15) is 16.1 Å². The lowest BCUT2D eigenvalue weighted by molar-refractivity contribution is -0.384. The summed E-state index contributed by atoms with van der Waals surface area (Å²) in [4.78, 5) is 49.4. The molecule has 1 fully saturated rings. The third-order valence-corrected chi connectivity index (χ3v) is 5.53. The van der Waals surface area contributed by atoms with Crippen molar-refractivity contribution in [2.24, 2.45) is 0 Å². The molecule has 2 aromatic carbocycles. The summed E-state index contributed by atoms with van der Waals surface area (Å²) in [6, 6.07) is 10.9. The predicted molar refractivity (Wildman–Crippen MR) is 100 cm³/mol. The van der Waals surface area contributed by atoms with Gasteiger partial charge in [0, 0.05) is 23.3 Å². The minimum atomic E-state index is -0.988. The van der Waals surface area contributed by atoms with Crippen LogP contribution < -0.4 is 0 Å². The molecule has 28 heavy (non-hydrogen) atoms. The second-order valence-corrected chi connectivity index (χ2v) is 7.12. The Labute approximate surface area is 168 Å². The molecule has 0 N–H and O–H groups in total. The number of ketones is 2. The van der Waals surface area contributed by atoms with Gasteiger partial charge in [-0.25, -0.2) is 0 Å². The molecule has 1 aliphatic carbocycles. The summed E-state index contributed by atoms with van der Waals surface area (Å²) in [5.74, 6) is -1.68. The Hall–Kier alpha value is -3.03. The normalized spacial score (nSPS) is 21.5. The van der Waals surface area contributed by atoms with Crippen LogP contribution >= 0.6 is 23.2 Å². The number of hydrogen-bond donors (Lipinski definition) is 0. The molecule has 2 unspecified atom stereocenters. The van der Waals surface area contributed by atoms with E-state index in [4.69, 9.17) is 23.2 Å². The number of carbonyl (C=O) groups is 3. The lowest BCUT2D eigenvalue weighted by Gasteiger charge is -2.45. The fraction of sp³-hybridized carbons (Fsp3) is 0.105. The third kappa shape index (κ3) is 2.55. The van der Waals surface area contributed by atoms with Gasteiger partial charge < -0.3 is 0 Å². The van der Waals surface area contributed by atoms with Crippen LogP contribution in [0.2, 0.25) is 0 Å². The zero-order valence-corrected chi connectivity index (χ0v) is 15.5. The summed E-state index contributed by atoms with van der Waals surface area (Å²) in [5.41, 5.74) is 0.461. The molecule has 1 amide bonds. The number of nitro benzene ring substituents is 1. The Balaban J connectivity index is 1.78. The number of amides is 1. The average molecular weight is 417 g/mol. The highest BCUT2D eigenvalue weighted by atomic mass is 35.5. The lowest BCUT2D eigenvalue weighted by Crippen LogP contribution is -2.57. The largest absolute Gasteiger partial charge is 0.296 e. The summed E-state index contributed by atoms with van der Waals surface area (Å²) < 4.78 is 0. The van der Waals surface area contributed by atoms with Crippen LogP contribution in [-0.4, -0.2) is 32.7 Å². The van der Waals surface area contributed by atoms with Crippen molar-refractivity contribution in [3.8, 4) is 0 Å². The molecule has 9 heteroatoms. The molecule has 7 nitrogen and oxygen atoms in total. The number of nitrogens with zero attached hydrogens (tertiary/aromatic N) is 2. The number of Topliss-reactive ketones (excluding diaryl/α,β-unsaturated/α-hetero) is 2. The van der Waals surface area contributed by atoms with Crippen LogP contribution in [0.3, 0.4) is 0 Å². The number of benzene rings is 2. The molecule has 0 saturated carbocycles. The van der Waals surface area contributed by atoms with Crippen molar-refractivity contribution < 1.29 is 19.3 Å². The van der Waals surface area contributed by atoms with Crippen molar-refractivity contribution in [3.05, 3.63) is 86.1 Å². The van der Waals surface area contributed by atoms with Gasteiger partial charge in [-0.15, -0.1) is 11.6 Å². The number of hydrogen-bond acceptors (Lipinski definition) is 5. The van der Waals surface area contributed by atoms with E-state index in [1.54, 1.807) is 12.1 Å². The molecule has 4 rings (SSSR count). The first-order valence-corrected chi connectivity index (χ1v) is 8.94. The minimum absolute atomic E-state index is 0.123. The van der Waals surface area contributed by atoms with Crippen LogP contribution in [0.5, 0.6) is 0 Å². The van der Waals surface area contributed by atoms with Crippen LogP contribution in [0.1, 0.15) is 32.3 Å². The molecular weight excluding hydrogens is 407 g/mol. The summed E-state index contributed by atoms with van der Waals surface area (Å²) in [6.07, 6.45) is 0. The van der Waals surface area contributed by atoms with E-state index in [1.807, 2.05) is 0 Å². The van der Waals surface area contributed by atoms with Gasteiger partial charge in [-0.1, -0.05) is 48.0 Å².